The van der Waals surface area contributed by atoms with Crippen molar-refractivity contribution in [2.75, 3.05) is 26.7 Å². The molecular formula is C16H32ClN3O2. The molecule has 1 saturated carbocycles. The topological polar surface area (TPSA) is 67.6 Å². The Kier molecular flexibility index (Phi) is 8.69. The van der Waals surface area contributed by atoms with E-state index >= 15 is 0 Å². The maximum atomic E-state index is 12.2. The summed E-state index contributed by atoms with van der Waals surface area (Å²) in [4.78, 5) is 14.5. The number of hydrogen-bond donors (Lipinski definition) is 2. The highest BCUT2D eigenvalue weighted by molar-refractivity contribution is 5.85. The largest absolute Gasteiger partial charge is 0.381 e. The van der Waals surface area contributed by atoms with Gasteiger partial charge in [0.25, 0.3) is 0 Å². The number of amides is 1. The number of nitrogens with one attached hydrogen (secondary N) is 1. The Balaban J connectivity index is 0.00000242. The number of hydrogen-bond acceptors (Lipinski definition) is 4. The van der Waals surface area contributed by atoms with Gasteiger partial charge in [-0.15, -0.1) is 12.4 Å². The molecule has 2 atom stereocenters. The zero-order chi connectivity index (χ0) is 15.2. The molecule has 1 amide bonds. The molecule has 1 aliphatic heterocycles. The molecule has 5 nitrogen and oxygen atoms in total. The fourth-order valence-electron chi connectivity index (χ4n) is 3.59. The van der Waals surface area contributed by atoms with E-state index in [1.807, 2.05) is 0 Å². The average molecular weight is 334 g/mol. The quantitative estimate of drug-likeness (QED) is 0.801. The molecule has 0 aromatic rings. The fourth-order valence-corrected chi connectivity index (χ4v) is 3.59. The van der Waals surface area contributed by atoms with E-state index in [0.717, 1.165) is 38.1 Å². The number of ether oxygens (including phenoxy) is 1. The summed E-state index contributed by atoms with van der Waals surface area (Å²) in [6.45, 7) is 4.26. The van der Waals surface area contributed by atoms with Crippen LogP contribution in [0.3, 0.4) is 0 Å². The number of halogens is 1. The van der Waals surface area contributed by atoms with E-state index < -0.39 is 0 Å². The lowest BCUT2D eigenvalue weighted by molar-refractivity contribution is -0.124. The highest BCUT2D eigenvalue weighted by Crippen LogP contribution is 2.23. The Hall–Kier alpha value is -0.360. The molecule has 1 heterocycles. The predicted molar refractivity (Wildman–Crippen MR) is 91.3 cm³/mol. The van der Waals surface area contributed by atoms with Crippen LogP contribution in [0.4, 0.5) is 0 Å². The summed E-state index contributed by atoms with van der Waals surface area (Å²) in [5.74, 6) is 0.969. The summed E-state index contributed by atoms with van der Waals surface area (Å²) in [6.07, 6.45) is 6.92. The predicted octanol–water partition coefficient (Wildman–Crippen LogP) is 1.54. The molecule has 2 rings (SSSR count). The Morgan fingerprint density at radius 2 is 1.95 bits per heavy atom. The molecule has 6 heteroatoms. The number of nitrogens with zero attached hydrogens (tertiary/aromatic N) is 1. The molecule has 0 aromatic carbocycles. The average Bonchev–Trinajstić information content (AvgIpc) is 2.50. The van der Waals surface area contributed by atoms with E-state index in [1.165, 1.54) is 12.8 Å². The van der Waals surface area contributed by atoms with Crippen LogP contribution in [0.1, 0.15) is 45.4 Å². The number of methoxy groups -OCH3 is 1. The lowest BCUT2D eigenvalue weighted by Gasteiger charge is -2.38. The number of piperidine rings is 1. The van der Waals surface area contributed by atoms with Crippen LogP contribution in [0.2, 0.25) is 0 Å². The van der Waals surface area contributed by atoms with Gasteiger partial charge in [0.1, 0.15) is 0 Å². The highest BCUT2D eigenvalue weighted by Gasteiger charge is 2.29. The van der Waals surface area contributed by atoms with Gasteiger partial charge in [0.2, 0.25) is 5.91 Å². The molecule has 3 N–H and O–H groups in total. The van der Waals surface area contributed by atoms with Crippen LogP contribution in [0.15, 0.2) is 0 Å². The second-order valence-corrected chi connectivity index (χ2v) is 6.77. The van der Waals surface area contributed by atoms with Gasteiger partial charge in [0.15, 0.2) is 0 Å². The molecule has 2 fully saturated rings. The monoisotopic (exact) mass is 333 g/mol. The molecule has 1 aliphatic carbocycles. The van der Waals surface area contributed by atoms with Gasteiger partial charge in [-0.2, -0.15) is 0 Å². The van der Waals surface area contributed by atoms with Crippen molar-refractivity contribution in [2.24, 2.45) is 11.7 Å². The van der Waals surface area contributed by atoms with E-state index in [-0.39, 0.29) is 30.5 Å². The third-order valence-corrected chi connectivity index (χ3v) is 5.12. The lowest BCUT2D eigenvalue weighted by Crippen LogP contribution is -2.52. The maximum Gasteiger partial charge on any atom is 0.234 e. The molecule has 0 aromatic heterocycles. The zero-order valence-electron chi connectivity index (χ0n) is 13.9. The van der Waals surface area contributed by atoms with Gasteiger partial charge in [0, 0.05) is 32.3 Å². The van der Waals surface area contributed by atoms with E-state index in [9.17, 15) is 4.79 Å². The normalized spacial score (nSPS) is 33.0. The second-order valence-electron chi connectivity index (χ2n) is 6.77. The van der Waals surface area contributed by atoms with Crippen LogP contribution in [0.5, 0.6) is 0 Å². The SMILES string of the molecule is COC1CCN(CC(=O)NC2CCC(C)CC2)C(CN)C1.Cl. The van der Waals surface area contributed by atoms with Gasteiger partial charge < -0.3 is 15.8 Å². The summed E-state index contributed by atoms with van der Waals surface area (Å²) in [5.41, 5.74) is 5.86. The van der Waals surface area contributed by atoms with Crippen molar-refractivity contribution in [1.29, 1.82) is 0 Å². The number of nitrogens with two attached hydrogens (primary N) is 1. The van der Waals surface area contributed by atoms with Gasteiger partial charge in [-0.3, -0.25) is 9.69 Å². The van der Waals surface area contributed by atoms with E-state index in [1.54, 1.807) is 7.11 Å². The Bertz CT molecular complexity index is 335. The smallest absolute Gasteiger partial charge is 0.234 e. The van der Waals surface area contributed by atoms with Crippen LogP contribution < -0.4 is 11.1 Å². The Morgan fingerprint density at radius 3 is 2.55 bits per heavy atom. The fraction of sp³-hybridized carbons (Fsp3) is 0.938. The Morgan fingerprint density at radius 1 is 1.27 bits per heavy atom. The number of carbonyl (C=O) groups is 1. The van der Waals surface area contributed by atoms with Crippen molar-refractivity contribution >= 4 is 18.3 Å². The van der Waals surface area contributed by atoms with Crippen molar-refractivity contribution in [3.63, 3.8) is 0 Å². The van der Waals surface area contributed by atoms with Crippen LogP contribution in [0.25, 0.3) is 0 Å². The minimum atomic E-state index is 0. The molecule has 22 heavy (non-hydrogen) atoms. The van der Waals surface area contributed by atoms with Crippen molar-refractivity contribution < 1.29 is 9.53 Å². The van der Waals surface area contributed by atoms with Gasteiger partial charge >= 0.3 is 0 Å². The third kappa shape index (κ3) is 5.69. The molecule has 2 unspecified atom stereocenters. The molecule has 0 bridgehead atoms. The van der Waals surface area contributed by atoms with Crippen LogP contribution in [-0.2, 0) is 9.53 Å². The third-order valence-electron chi connectivity index (χ3n) is 5.12. The lowest BCUT2D eigenvalue weighted by atomic mass is 9.87. The molecule has 1 saturated heterocycles. The van der Waals surface area contributed by atoms with Crippen molar-refractivity contribution in [3.05, 3.63) is 0 Å². The van der Waals surface area contributed by atoms with Gasteiger partial charge in [-0.25, -0.2) is 0 Å². The maximum absolute atomic E-state index is 12.2. The number of likely N-dealkylation sites (tertiary alicyclic amines) is 1. The first-order chi connectivity index (χ1) is 10.1. The molecule has 0 spiro atoms. The second kappa shape index (κ2) is 9.71. The minimum Gasteiger partial charge on any atom is -0.381 e. The summed E-state index contributed by atoms with van der Waals surface area (Å²) < 4.78 is 5.43. The van der Waals surface area contributed by atoms with Crippen LogP contribution in [0, 0.1) is 5.92 Å². The van der Waals surface area contributed by atoms with E-state index in [0.29, 0.717) is 19.1 Å². The van der Waals surface area contributed by atoms with E-state index in [2.05, 4.69) is 17.1 Å². The number of carbonyl (C=O) groups excluding carboxylic acids is 1. The first-order valence-corrected chi connectivity index (χ1v) is 8.38. The van der Waals surface area contributed by atoms with Gasteiger partial charge in [-0.1, -0.05) is 6.92 Å². The van der Waals surface area contributed by atoms with Crippen molar-refractivity contribution in [3.8, 4) is 0 Å². The highest BCUT2D eigenvalue weighted by atomic mass is 35.5. The van der Waals surface area contributed by atoms with Crippen LogP contribution in [-0.4, -0.2) is 55.7 Å². The molecular weight excluding hydrogens is 302 g/mol. The first-order valence-electron chi connectivity index (χ1n) is 8.38. The van der Waals surface area contributed by atoms with Crippen molar-refractivity contribution in [1.82, 2.24) is 10.2 Å². The van der Waals surface area contributed by atoms with E-state index in [4.69, 9.17) is 10.5 Å². The first kappa shape index (κ1) is 19.7. The summed E-state index contributed by atoms with van der Waals surface area (Å²) >= 11 is 0. The van der Waals surface area contributed by atoms with Crippen molar-refractivity contribution in [2.45, 2.75) is 63.6 Å². The molecule has 0 radical (unpaired) electrons. The zero-order valence-corrected chi connectivity index (χ0v) is 14.7. The summed E-state index contributed by atoms with van der Waals surface area (Å²) in [7, 11) is 1.75. The molecule has 130 valence electrons. The summed E-state index contributed by atoms with van der Waals surface area (Å²) in [5, 5.41) is 3.20. The van der Waals surface area contributed by atoms with Crippen LogP contribution >= 0.6 is 12.4 Å². The molecule has 2 aliphatic rings. The van der Waals surface area contributed by atoms with Gasteiger partial charge in [-0.05, 0) is 44.4 Å². The number of rotatable bonds is 5. The summed E-state index contributed by atoms with van der Waals surface area (Å²) in [6, 6.07) is 0.641. The Labute approximate surface area is 140 Å². The minimum absolute atomic E-state index is 0. The van der Waals surface area contributed by atoms with Gasteiger partial charge in [0.05, 0.1) is 12.6 Å². The standard InChI is InChI=1S/C16H31N3O2.ClH/c1-12-3-5-13(6-4-12)18-16(20)11-19-8-7-15(21-2)9-14(19)10-17;/h12-15H,3-11,17H2,1-2H3,(H,18,20);1H.